The van der Waals surface area contributed by atoms with Gasteiger partial charge in [-0.3, -0.25) is 4.79 Å². The quantitative estimate of drug-likeness (QED) is 0.844. The minimum atomic E-state index is -3.16. The molecule has 0 aromatic heterocycles. The van der Waals surface area contributed by atoms with Gasteiger partial charge in [-0.1, -0.05) is 18.9 Å². The lowest BCUT2D eigenvalue weighted by Crippen LogP contribution is -2.49. The smallest absolute Gasteiger partial charge is 0.253 e. The Morgan fingerprint density at radius 2 is 1.78 bits per heavy atom. The molecule has 0 unspecified atom stereocenters. The van der Waals surface area contributed by atoms with E-state index < -0.39 is 15.1 Å². The van der Waals surface area contributed by atoms with Gasteiger partial charge in [-0.25, -0.2) is 8.42 Å². The molecule has 1 aliphatic carbocycles. The SMILES string of the molecule is CN(C)c1cccc(C(=O)N(C)[C@@H]2CCCC[C@H]2S(C)(=O)=O)c1. The van der Waals surface area contributed by atoms with E-state index in [1.165, 1.54) is 6.26 Å². The fourth-order valence-electron chi connectivity index (χ4n) is 3.29. The van der Waals surface area contributed by atoms with Crippen molar-refractivity contribution in [3.05, 3.63) is 29.8 Å². The second kappa shape index (κ2) is 6.91. The summed E-state index contributed by atoms with van der Waals surface area (Å²) in [5.41, 5.74) is 1.55. The predicted octanol–water partition coefficient (Wildman–Crippen LogP) is 2.18. The van der Waals surface area contributed by atoms with Gasteiger partial charge in [0.05, 0.1) is 5.25 Å². The highest BCUT2D eigenvalue weighted by molar-refractivity contribution is 7.91. The molecule has 5 nitrogen and oxygen atoms in total. The number of rotatable bonds is 4. The fourth-order valence-corrected chi connectivity index (χ4v) is 4.78. The molecule has 23 heavy (non-hydrogen) atoms. The van der Waals surface area contributed by atoms with Gasteiger partial charge in [-0.2, -0.15) is 0 Å². The predicted molar refractivity (Wildman–Crippen MR) is 93.8 cm³/mol. The van der Waals surface area contributed by atoms with Gasteiger partial charge in [0.1, 0.15) is 0 Å². The molecule has 1 amide bonds. The largest absolute Gasteiger partial charge is 0.378 e. The van der Waals surface area contributed by atoms with Crippen LogP contribution in [0.2, 0.25) is 0 Å². The third kappa shape index (κ3) is 4.05. The Kier molecular flexibility index (Phi) is 5.34. The molecular formula is C17H26N2O3S. The average Bonchev–Trinajstić information content (AvgIpc) is 2.52. The lowest BCUT2D eigenvalue weighted by atomic mass is 9.93. The van der Waals surface area contributed by atoms with Gasteiger partial charge < -0.3 is 9.80 Å². The van der Waals surface area contributed by atoms with Crippen molar-refractivity contribution in [2.24, 2.45) is 0 Å². The first-order valence-corrected chi connectivity index (χ1v) is 9.90. The zero-order chi connectivity index (χ0) is 17.2. The molecule has 1 aromatic rings. The number of nitrogens with zero attached hydrogens (tertiary/aromatic N) is 2. The van der Waals surface area contributed by atoms with Crippen LogP contribution >= 0.6 is 0 Å². The maximum atomic E-state index is 12.8. The van der Waals surface area contributed by atoms with Crippen LogP contribution in [0.5, 0.6) is 0 Å². The van der Waals surface area contributed by atoms with E-state index >= 15 is 0 Å². The van der Waals surface area contributed by atoms with Crippen molar-refractivity contribution in [2.45, 2.75) is 37.0 Å². The van der Waals surface area contributed by atoms with Crippen molar-refractivity contribution >= 4 is 21.4 Å². The third-order valence-electron chi connectivity index (χ3n) is 4.64. The number of hydrogen-bond acceptors (Lipinski definition) is 4. The lowest BCUT2D eigenvalue weighted by molar-refractivity contribution is 0.0700. The van der Waals surface area contributed by atoms with Crippen LogP contribution < -0.4 is 4.90 Å². The van der Waals surface area contributed by atoms with Crippen LogP contribution in [0.1, 0.15) is 36.0 Å². The summed E-state index contributed by atoms with van der Waals surface area (Å²) in [6, 6.07) is 7.18. The van der Waals surface area contributed by atoms with Gasteiger partial charge in [-0.05, 0) is 31.0 Å². The van der Waals surface area contributed by atoms with Crippen molar-refractivity contribution in [3.8, 4) is 0 Å². The first-order valence-electron chi connectivity index (χ1n) is 7.95. The third-order valence-corrected chi connectivity index (χ3v) is 6.29. The average molecular weight is 338 g/mol. The molecule has 2 atom stereocenters. The zero-order valence-electron chi connectivity index (χ0n) is 14.3. The Morgan fingerprint density at radius 1 is 1.13 bits per heavy atom. The molecule has 128 valence electrons. The number of sulfone groups is 1. The topological polar surface area (TPSA) is 57.7 Å². The highest BCUT2D eigenvalue weighted by atomic mass is 32.2. The van der Waals surface area contributed by atoms with Crippen LogP contribution in [0.15, 0.2) is 24.3 Å². The molecule has 1 aliphatic rings. The normalized spacial score (nSPS) is 21.7. The Balaban J connectivity index is 2.26. The monoisotopic (exact) mass is 338 g/mol. The van der Waals surface area contributed by atoms with Crippen molar-refractivity contribution in [1.82, 2.24) is 4.90 Å². The van der Waals surface area contributed by atoms with Gasteiger partial charge in [0.25, 0.3) is 5.91 Å². The molecule has 6 heteroatoms. The van der Waals surface area contributed by atoms with E-state index in [9.17, 15) is 13.2 Å². The lowest BCUT2D eigenvalue weighted by Gasteiger charge is -2.37. The van der Waals surface area contributed by atoms with E-state index in [1.54, 1.807) is 18.0 Å². The summed E-state index contributed by atoms with van der Waals surface area (Å²) in [5.74, 6) is -0.116. The van der Waals surface area contributed by atoms with Crippen molar-refractivity contribution in [3.63, 3.8) is 0 Å². The fraction of sp³-hybridized carbons (Fsp3) is 0.588. The van der Waals surface area contributed by atoms with E-state index in [1.807, 2.05) is 37.2 Å². The van der Waals surface area contributed by atoms with E-state index in [0.29, 0.717) is 12.0 Å². The van der Waals surface area contributed by atoms with Gasteiger partial charge in [-0.15, -0.1) is 0 Å². The van der Waals surface area contributed by atoms with E-state index in [4.69, 9.17) is 0 Å². The molecule has 1 saturated carbocycles. The molecule has 1 fully saturated rings. The van der Waals surface area contributed by atoms with Gasteiger partial charge in [0.2, 0.25) is 0 Å². The maximum Gasteiger partial charge on any atom is 0.253 e. The highest BCUT2D eigenvalue weighted by Crippen LogP contribution is 2.28. The summed E-state index contributed by atoms with van der Waals surface area (Å²) < 4.78 is 24.1. The van der Waals surface area contributed by atoms with Crippen LogP contribution in [-0.4, -0.2) is 57.9 Å². The number of anilines is 1. The van der Waals surface area contributed by atoms with Gasteiger partial charge >= 0.3 is 0 Å². The summed E-state index contributed by atoms with van der Waals surface area (Å²) in [6.07, 6.45) is 4.53. The molecule has 0 spiro atoms. The Morgan fingerprint density at radius 3 is 2.39 bits per heavy atom. The van der Waals surface area contributed by atoms with Crippen LogP contribution in [-0.2, 0) is 9.84 Å². The van der Waals surface area contributed by atoms with Gasteiger partial charge in [0, 0.05) is 44.7 Å². The summed E-state index contributed by atoms with van der Waals surface area (Å²) in [5, 5.41) is -0.456. The van der Waals surface area contributed by atoms with Gasteiger partial charge in [0.15, 0.2) is 9.84 Å². The second-order valence-electron chi connectivity index (χ2n) is 6.58. The molecule has 0 aliphatic heterocycles. The van der Waals surface area contributed by atoms with Crippen LogP contribution in [0.25, 0.3) is 0 Å². The Hall–Kier alpha value is -1.56. The number of benzene rings is 1. The number of amides is 1. The van der Waals surface area contributed by atoms with Crippen molar-refractivity contribution < 1.29 is 13.2 Å². The van der Waals surface area contributed by atoms with E-state index in [0.717, 1.165) is 24.9 Å². The maximum absolute atomic E-state index is 12.8. The van der Waals surface area contributed by atoms with E-state index in [-0.39, 0.29) is 11.9 Å². The molecule has 0 heterocycles. The minimum absolute atomic E-state index is 0.116. The summed E-state index contributed by atoms with van der Waals surface area (Å²) in [7, 11) is 2.41. The number of carbonyl (C=O) groups excluding carboxylic acids is 1. The molecular weight excluding hydrogens is 312 g/mol. The highest BCUT2D eigenvalue weighted by Gasteiger charge is 2.37. The molecule has 0 bridgehead atoms. The Labute approximate surface area is 139 Å². The van der Waals surface area contributed by atoms with Crippen LogP contribution in [0, 0.1) is 0 Å². The summed E-state index contributed by atoms with van der Waals surface area (Å²) >= 11 is 0. The molecule has 0 saturated heterocycles. The zero-order valence-corrected chi connectivity index (χ0v) is 15.1. The van der Waals surface area contributed by atoms with Crippen LogP contribution in [0.4, 0.5) is 5.69 Å². The van der Waals surface area contributed by atoms with Crippen LogP contribution in [0.3, 0.4) is 0 Å². The minimum Gasteiger partial charge on any atom is -0.378 e. The molecule has 0 N–H and O–H groups in total. The molecule has 1 aromatic carbocycles. The number of carbonyl (C=O) groups is 1. The first-order chi connectivity index (χ1) is 10.7. The van der Waals surface area contributed by atoms with Crippen molar-refractivity contribution in [2.75, 3.05) is 32.3 Å². The van der Waals surface area contributed by atoms with E-state index in [2.05, 4.69) is 0 Å². The summed E-state index contributed by atoms with van der Waals surface area (Å²) in [4.78, 5) is 16.4. The Bertz CT molecular complexity index is 670. The second-order valence-corrected chi connectivity index (χ2v) is 8.85. The molecule has 0 radical (unpaired) electrons. The number of hydrogen-bond donors (Lipinski definition) is 0. The first kappa shape index (κ1) is 17.8. The van der Waals surface area contributed by atoms with Crippen molar-refractivity contribution in [1.29, 1.82) is 0 Å². The summed E-state index contributed by atoms with van der Waals surface area (Å²) in [6.45, 7) is 0. The molecule has 2 rings (SSSR count). The standard InChI is InChI=1S/C17H26N2O3S/c1-18(2)14-9-7-8-13(12-14)17(20)19(3)15-10-5-6-11-16(15)23(4,21)22/h7-9,12,15-16H,5-6,10-11H2,1-4H3/t15-,16-/m1/s1.